The number of fused-ring (bicyclic) bond motifs is 3. The van der Waals surface area contributed by atoms with E-state index in [1.165, 1.54) is 30.6 Å². The molecule has 0 spiro atoms. The lowest BCUT2D eigenvalue weighted by atomic mass is 10.1. The van der Waals surface area contributed by atoms with Gasteiger partial charge in [0.05, 0.1) is 15.3 Å². The summed E-state index contributed by atoms with van der Waals surface area (Å²) < 4.78 is 35.1. The first-order valence-electron chi connectivity index (χ1n) is 10.7. The number of hydrogen-bond acceptors (Lipinski definition) is 7. The van der Waals surface area contributed by atoms with Crippen LogP contribution in [0.5, 0.6) is 0 Å². The lowest BCUT2D eigenvalue weighted by molar-refractivity contribution is 0.101. The molecule has 7 nitrogen and oxygen atoms in total. The summed E-state index contributed by atoms with van der Waals surface area (Å²) in [6.07, 6.45) is 2.87. The molecule has 0 N–H and O–H groups in total. The Balaban J connectivity index is 1.87. The minimum absolute atomic E-state index is 0.0348. The Hall–Kier alpha value is -3.82. The molecular formula is C26H20N2O5S2. The standard InChI is InChI=1S/C26H20N2O5S2/c1-15-12-17(3)23(13-16(15)2)35(31,32)28(25(29)18-8-10-27-11-9-18)21-14-22-24(33-26(30)34-22)20-7-5-4-6-19(20)21/h4-14H,1-3H3. The molecular weight excluding hydrogens is 484 g/mol. The van der Waals surface area contributed by atoms with Crippen molar-refractivity contribution in [3.8, 4) is 0 Å². The zero-order chi connectivity index (χ0) is 24.9. The second-order valence-corrected chi connectivity index (χ2v) is 11.0. The summed E-state index contributed by atoms with van der Waals surface area (Å²) in [5.41, 5.74) is 2.93. The third kappa shape index (κ3) is 3.82. The molecule has 9 heteroatoms. The Bertz CT molecular complexity index is 1790. The molecule has 2 heterocycles. The van der Waals surface area contributed by atoms with Gasteiger partial charge in [0, 0.05) is 28.7 Å². The fourth-order valence-electron chi connectivity index (χ4n) is 4.12. The van der Waals surface area contributed by atoms with Crippen LogP contribution < -0.4 is 9.24 Å². The smallest absolute Gasteiger partial charge is 0.396 e. The number of aryl methyl sites for hydroxylation is 3. The highest BCUT2D eigenvalue weighted by molar-refractivity contribution is 7.93. The third-order valence-corrected chi connectivity index (χ3v) is 8.57. The highest BCUT2D eigenvalue weighted by Crippen LogP contribution is 2.39. The molecule has 3 aromatic carbocycles. The first kappa shape index (κ1) is 22.9. The van der Waals surface area contributed by atoms with Gasteiger partial charge in [0.15, 0.2) is 5.58 Å². The quantitative estimate of drug-likeness (QED) is 0.327. The zero-order valence-corrected chi connectivity index (χ0v) is 20.7. The molecule has 0 bridgehead atoms. The van der Waals surface area contributed by atoms with Crippen LogP contribution in [0.15, 0.2) is 81.1 Å². The van der Waals surface area contributed by atoms with E-state index in [1.807, 2.05) is 13.8 Å². The Kier molecular flexibility index (Phi) is 5.53. The van der Waals surface area contributed by atoms with Gasteiger partial charge in [-0.15, -0.1) is 0 Å². The van der Waals surface area contributed by atoms with Crippen molar-refractivity contribution < 1.29 is 17.6 Å². The molecule has 0 atom stereocenters. The molecule has 0 radical (unpaired) electrons. The largest absolute Gasteiger partial charge is 0.413 e. The van der Waals surface area contributed by atoms with Crippen molar-refractivity contribution in [3.05, 3.63) is 99.0 Å². The fraction of sp³-hybridized carbons (Fsp3) is 0.115. The van der Waals surface area contributed by atoms with Gasteiger partial charge in [-0.1, -0.05) is 41.7 Å². The summed E-state index contributed by atoms with van der Waals surface area (Å²) in [7, 11) is -4.37. The number of rotatable bonds is 4. The molecule has 2 aromatic heterocycles. The van der Waals surface area contributed by atoms with E-state index in [1.54, 1.807) is 43.3 Å². The van der Waals surface area contributed by atoms with Gasteiger partial charge in [0.25, 0.3) is 15.9 Å². The number of carbonyl (C=O) groups is 1. The van der Waals surface area contributed by atoms with Gasteiger partial charge in [-0.3, -0.25) is 9.78 Å². The van der Waals surface area contributed by atoms with Crippen molar-refractivity contribution in [1.82, 2.24) is 4.98 Å². The molecule has 35 heavy (non-hydrogen) atoms. The Morgan fingerprint density at radius 1 is 0.914 bits per heavy atom. The number of aromatic nitrogens is 1. The van der Waals surface area contributed by atoms with E-state index in [4.69, 9.17) is 4.42 Å². The van der Waals surface area contributed by atoms with Crippen LogP contribution in [-0.2, 0) is 10.0 Å². The van der Waals surface area contributed by atoms with Crippen LogP contribution in [-0.4, -0.2) is 19.3 Å². The monoisotopic (exact) mass is 504 g/mol. The van der Waals surface area contributed by atoms with Gasteiger partial charge >= 0.3 is 4.94 Å². The number of nitrogens with zero attached hydrogens (tertiary/aromatic N) is 2. The number of benzene rings is 3. The molecule has 176 valence electrons. The molecule has 0 fully saturated rings. The van der Waals surface area contributed by atoms with Crippen molar-refractivity contribution in [1.29, 1.82) is 0 Å². The van der Waals surface area contributed by atoms with E-state index < -0.39 is 20.9 Å². The highest BCUT2D eigenvalue weighted by Gasteiger charge is 2.35. The van der Waals surface area contributed by atoms with E-state index in [-0.39, 0.29) is 16.1 Å². The van der Waals surface area contributed by atoms with Gasteiger partial charge in [0.2, 0.25) is 0 Å². The van der Waals surface area contributed by atoms with Crippen molar-refractivity contribution in [2.24, 2.45) is 0 Å². The van der Waals surface area contributed by atoms with Crippen LogP contribution in [0, 0.1) is 20.8 Å². The van der Waals surface area contributed by atoms with Gasteiger partial charge < -0.3 is 4.42 Å². The second kappa shape index (κ2) is 8.44. The maximum Gasteiger partial charge on any atom is 0.396 e. The van der Waals surface area contributed by atoms with Crippen LogP contribution >= 0.6 is 11.3 Å². The summed E-state index contributed by atoms with van der Waals surface area (Å²) in [4.78, 5) is 29.4. The normalized spacial score (nSPS) is 11.7. The van der Waals surface area contributed by atoms with Crippen LogP contribution in [0.3, 0.4) is 0 Å². The molecule has 0 unspecified atom stereocenters. The fourth-order valence-corrected chi connectivity index (χ4v) is 6.56. The molecule has 5 rings (SSSR count). The van der Waals surface area contributed by atoms with Gasteiger partial charge in [-0.2, -0.15) is 4.31 Å². The molecule has 1 amide bonds. The lowest BCUT2D eigenvalue weighted by Crippen LogP contribution is -2.37. The summed E-state index contributed by atoms with van der Waals surface area (Å²) in [5.74, 6) is -0.731. The average Bonchev–Trinajstić information content (AvgIpc) is 3.22. The zero-order valence-electron chi connectivity index (χ0n) is 19.1. The third-order valence-electron chi connectivity index (χ3n) is 5.96. The van der Waals surface area contributed by atoms with E-state index in [0.717, 1.165) is 26.8 Å². The number of pyridine rings is 1. The molecule has 0 saturated carbocycles. The average molecular weight is 505 g/mol. The summed E-state index contributed by atoms with van der Waals surface area (Å²) in [6.45, 7) is 5.44. The van der Waals surface area contributed by atoms with Gasteiger partial charge in [0.1, 0.15) is 0 Å². The summed E-state index contributed by atoms with van der Waals surface area (Å²) in [6, 6.07) is 14.8. The maximum absolute atomic E-state index is 14.2. The molecule has 0 aliphatic carbocycles. The van der Waals surface area contributed by atoms with Crippen molar-refractivity contribution in [2.75, 3.05) is 4.31 Å². The Labute approximate surface area is 205 Å². The highest BCUT2D eigenvalue weighted by atomic mass is 32.2. The molecule has 0 aliphatic heterocycles. The van der Waals surface area contributed by atoms with Crippen LogP contribution in [0.1, 0.15) is 27.0 Å². The van der Waals surface area contributed by atoms with Crippen molar-refractivity contribution in [2.45, 2.75) is 25.7 Å². The molecule has 0 aliphatic rings. The maximum atomic E-state index is 14.2. The lowest BCUT2D eigenvalue weighted by Gasteiger charge is -2.25. The van der Waals surface area contributed by atoms with Gasteiger partial charge in [-0.05, 0) is 61.7 Å². The number of hydrogen-bond donors (Lipinski definition) is 0. The Morgan fingerprint density at radius 2 is 1.57 bits per heavy atom. The topological polar surface area (TPSA) is 97.5 Å². The van der Waals surface area contributed by atoms with E-state index in [9.17, 15) is 18.0 Å². The van der Waals surface area contributed by atoms with Crippen LogP contribution in [0.25, 0.3) is 21.1 Å². The predicted molar refractivity (Wildman–Crippen MR) is 137 cm³/mol. The van der Waals surface area contributed by atoms with E-state index in [2.05, 4.69) is 4.98 Å². The van der Waals surface area contributed by atoms with E-state index >= 15 is 0 Å². The van der Waals surface area contributed by atoms with Gasteiger partial charge in [-0.25, -0.2) is 13.2 Å². The molecule has 0 saturated heterocycles. The first-order chi connectivity index (χ1) is 16.7. The van der Waals surface area contributed by atoms with Crippen molar-refractivity contribution >= 4 is 54.0 Å². The number of sulfonamides is 1. The minimum atomic E-state index is -4.37. The number of amides is 1. The second-order valence-electron chi connectivity index (χ2n) is 8.24. The first-order valence-corrected chi connectivity index (χ1v) is 13.0. The summed E-state index contributed by atoms with van der Waals surface area (Å²) >= 11 is 0.855. The van der Waals surface area contributed by atoms with Crippen LogP contribution in [0.2, 0.25) is 0 Å². The van der Waals surface area contributed by atoms with E-state index in [0.29, 0.717) is 26.6 Å². The predicted octanol–water partition coefficient (Wildman–Crippen LogP) is 5.36. The summed E-state index contributed by atoms with van der Waals surface area (Å²) in [5, 5.41) is 1.01. The van der Waals surface area contributed by atoms with Crippen LogP contribution in [0.4, 0.5) is 5.69 Å². The number of carbonyl (C=O) groups excluding carboxylic acids is 1. The minimum Gasteiger partial charge on any atom is -0.413 e. The SMILES string of the molecule is Cc1cc(C)c(S(=O)(=O)N(C(=O)c2ccncc2)c2cc3sc(=O)oc3c3ccccc23)cc1C. The number of anilines is 1. The molecule has 5 aromatic rings. The Morgan fingerprint density at radius 3 is 2.29 bits per heavy atom. The van der Waals surface area contributed by atoms with Crippen molar-refractivity contribution in [3.63, 3.8) is 0 Å².